The summed E-state index contributed by atoms with van der Waals surface area (Å²) in [4.78, 5) is 0. The number of fused-ring (bicyclic) bond motifs is 2. The van der Waals surface area contributed by atoms with Gasteiger partial charge in [-0.05, 0) is 37.5 Å². The van der Waals surface area contributed by atoms with Gasteiger partial charge < -0.3 is 10.8 Å². The summed E-state index contributed by atoms with van der Waals surface area (Å²) in [5.41, 5.74) is 6.48. The molecule has 3 heteroatoms. The van der Waals surface area contributed by atoms with E-state index in [4.69, 9.17) is 5.73 Å². The van der Waals surface area contributed by atoms with E-state index in [-0.39, 0.29) is 23.4 Å². The molecule has 2 unspecified atom stereocenters. The fourth-order valence-electron chi connectivity index (χ4n) is 2.89. The predicted octanol–water partition coefficient (Wildman–Crippen LogP) is 1.45. The Bertz CT molecular complexity index is 176. The van der Waals surface area contributed by atoms with Crippen LogP contribution in [0.3, 0.4) is 0 Å². The van der Waals surface area contributed by atoms with Gasteiger partial charge in [0.05, 0.1) is 0 Å². The first-order valence-corrected chi connectivity index (χ1v) is 4.58. The summed E-state index contributed by atoms with van der Waals surface area (Å²) >= 11 is 0. The lowest BCUT2D eigenvalue weighted by Crippen LogP contribution is -2.42. The van der Waals surface area contributed by atoms with Gasteiger partial charge in [-0.1, -0.05) is 6.42 Å². The Balaban J connectivity index is 0.000000720. The fraction of sp³-hybridized carbons (Fsp3) is 1.00. The quantitative estimate of drug-likeness (QED) is 0.659. The van der Waals surface area contributed by atoms with Gasteiger partial charge in [-0.2, -0.15) is 0 Å². The molecule has 0 aromatic heterocycles. The van der Waals surface area contributed by atoms with Crippen LogP contribution in [-0.2, 0) is 0 Å². The van der Waals surface area contributed by atoms with Gasteiger partial charge in [0.2, 0.25) is 0 Å². The van der Waals surface area contributed by atoms with E-state index in [9.17, 15) is 5.11 Å². The Morgan fingerprint density at radius 1 is 1.17 bits per heavy atom. The molecule has 2 saturated carbocycles. The van der Waals surface area contributed by atoms with Crippen molar-refractivity contribution in [2.45, 2.75) is 44.1 Å². The summed E-state index contributed by atoms with van der Waals surface area (Å²) in [7, 11) is 0. The van der Waals surface area contributed by atoms with Crippen LogP contribution in [0.5, 0.6) is 0 Å². The minimum Gasteiger partial charge on any atom is -0.396 e. The normalized spacial score (nSPS) is 45.5. The maximum Gasteiger partial charge on any atom is 0.0488 e. The molecule has 0 spiro atoms. The van der Waals surface area contributed by atoms with Gasteiger partial charge in [-0.3, -0.25) is 0 Å². The Kier molecular flexibility index (Phi) is 2.72. The smallest absolute Gasteiger partial charge is 0.0488 e. The molecule has 0 amide bonds. The molecule has 0 aromatic carbocycles. The van der Waals surface area contributed by atoms with E-state index in [1.165, 1.54) is 19.3 Å². The van der Waals surface area contributed by atoms with Crippen molar-refractivity contribution in [3.05, 3.63) is 0 Å². The van der Waals surface area contributed by atoms with Gasteiger partial charge in [0.1, 0.15) is 0 Å². The van der Waals surface area contributed by atoms with Crippen LogP contribution in [0.2, 0.25) is 0 Å². The summed E-state index contributed by atoms with van der Waals surface area (Å²) in [5.74, 6) is 0. The average Bonchev–Trinajstić information content (AvgIpc) is 2.24. The van der Waals surface area contributed by atoms with Crippen molar-refractivity contribution in [2.24, 2.45) is 11.1 Å². The van der Waals surface area contributed by atoms with Crippen molar-refractivity contribution in [2.75, 3.05) is 6.61 Å². The first-order valence-electron chi connectivity index (χ1n) is 4.58. The number of aliphatic hydroxyl groups is 1. The molecular formula is C9H18ClNO. The molecule has 2 atom stereocenters. The minimum absolute atomic E-state index is 0. The number of aliphatic hydroxyl groups excluding tert-OH is 1. The average molecular weight is 192 g/mol. The van der Waals surface area contributed by atoms with Gasteiger partial charge >= 0.3 is 0 Å². The molecule has 2 aliphatic rings. The van der Waals surface area contributed by atoms with Crippen molar-refractivity contribution in [1.29, 1.82) is 0 Å². The number of halogens is 1. The first kappa shape index (κ1) is 10.3. The van der Waals surface area contributed by atoms with Crippen molar-refractivity contribution >= 4 is 12.4 Å². The van der Waals surface area contributed by atoms with Gasteiger partial charge in [0, 0.05) is 12.1 Å². The summed E-state index contributed by atoms with van der Waals surface area (Å²) in [6.07, 6.45) is 6.94. The second kappa shape index (κ2) is 3.17. The molecule has 0 aliphatic heterocycles. The van der Waals surface area contributed by atoms with Crippen molar-refractivity contribution in [1.82, 2.24) is 0 Å². The van der Waals surface area contributed by atoms with E-state index in [1.807, 2.05) is 0 Å². The van der Waals surface area contributed by atoms with Crippen LogP contribution in [0.1, 0.15) is 38.5 Å². The molecule has 2 bridgehead atoms. The van der Waals surface area contributed by atoms with E-state index in [0.29, 0.717) is 6.61 Å². The fourth-order valence-corrected chi connectivity index (χ4v) is 2.89. The van der Waals surface area contributed by atoms with Crippen LogP contribution in [0, 0.1) is 5.41 Å². The van der Waals surface area contributed by atoms with Crippen molar-refractivity contribution < 1.29 is 5.11 Å². The Hall–Kier alpha value is 0.210. The Morgan fingerprint density at radius 3 is 2.50 bits per heavy atom. The lowest BCUT2D eigenvalue weighted by molar-refractivity contribution is 0.0916. The third kappa shape index (κ3) is 1.48. The lowest BCUT2D eigenvalue weighted by Gasteiger charge is -2.35. The Morgan fingerprint density at radius 2 is 1.92 bits per heavy atom. The summed E-state index contributed by atoms with van der Waals surface area (Å²) in [6.45, 7) is 0.353. The topological polar surface area (TPSA) is 46.2 Å². The van der Waals surface area contributed by atoms with Crippen LogP contribution in [-0.4, -0.2) is 17.3 Å². The molecular weight excluding hydrogens is 174 g/mol. The van der Waals surface area contributed by atoms with E-state index >= 15 is 0 Å². The minimum atomic E-state index is 0. The molecule has 72 valence electrons. The van der Waals surface area contributed by atoms with Gasteiger partial charge in [-0.15, -0.1) is 12.4 Å². The van der Waals surface area contributed by atoms with E-state index in [0.717, 1.165) is 19.3 Å². The lowest BCUT2D eigenvalue weighted by atomic mass is 9.74. The van der Waals surface area contributed by atoms with Crippen molar-refractivity contribution in [3.8, 4) is 0 Å². The van der Waals surface area contributed by atoms with Crippen LogP contribution < -0.4 is 5.73 Å². The molecule has 3 N–H and O–H groups in total. The number of hydrogen-bond donors (Lipinski definition) is 2. The van der Waals surface area contributed by atoms with Crippen LogP contribution >= 0.6 is 12.4 Å². The zero-order valence-corrected chi connectivity index (χ0v) is 8.20. The third-order valence-corrected chi connectivity index (χ3v) is 3.60. The zero-order valence-electron chi connectivity index (χ0n) is 7.38. The molecule has 0 saturated heterocycles. The highest BCUT2D eigenvalue weighted by atomic mass is 35.5. The molecule has 2 fully saturated rings. The molecule has 2 aliphatic carbocycles. The highest BCUT2D eigenvalue weighted by molar-refractivity contribution is 5.85. The molecule has 2 nitrogen and oxygen atoms in total. The Labute approximate surface area is 79.9 Å². The summed E-state index contributed by atoms with van der Waals surface area (Å²) in [5, 5.41) is 9.23. The van der Waals surface area contributed by atoms with Crippen LogP contribution in [0.15, 0.2) is 0 Å². The van der Waals surface area contributed by atoms with Gasteiger partial charge in [-0.25, -0.2) is 0 Å². The van der Waals surface area contributed by atoms with E-state index in [1.54, 1.807) is 0 Å². The first-order chi connectivity index (χ1) is 5.18. The van der Waals surface area contributed by atoms with Gasteiger partial charge in [0.25, 0.3) is 0 Å². The standard InChI is InChI=1S/C9H17NO.ClH/c10-9-3-1-2-8(6-9,7-11)4-5-9;/h11H,1-7,10H2;1H. The zero-order chi connectivity index (χ0) is 7.95. The number of hydrogen-bond acceptors (Lipinski definition) is 2. The van der Waals surface area contributed by atoms with Gasteiger partial charge in [0.15, 0.2) is 0 Å². The SMILES string of the molecule is Cl.NC12CCCC(CO)(CC1)C2. The molecule has 0 heterocycles. The summed E-state index contributed by atoms with van der Waals surface area (Å²) < 4.78 is 0. The number of rotatable bonds is 1. The highest BCUT2D eigenvalue weighted by Gasteiger charge is 2.48. The van der Waals surface area contributed by atoms with E-state index < -0.39 is 0 Å². The largest absolute Gasteiger partial charge is 0.396 e. The second-order valence-corrected chi connectivity index (χ2v) is 4.55. The molecule has 12 heavy (non-hydrogen) atoms. The predicted molar refractivity (Wildman–Crippen MR) is 51.4 cm³/mol. The molecule has 0 radical (unpaired) electrons. The van der Waals surface area contributed by atoms with Crippen LogP contribution in [0.4, 0.5) is 0 Å². The van der Waals surface area contributed by atoms with Crippen LogP contribution in [0.25, 0.3) is 0 Å². The molecule has 0 aromatic rings. The summed E-state index contributed by atoms with van der Waals surface area (Å²) in [6, 6.07) is 0. The maximum absolute atomic E-state index is 9.23. The second-order valence-electron chi connectivity index (χ2n) is 4.55. The number of nitrogens with two attached hydrogens (primary N) is 1. The maximum atomic E-state index is 9.23. The molecule has 2 rings (SSSR count). The highest BCUT2D eigenvalue weighted by Crippen LogP contribution is 2.51. The van der Waals surface area contributed by atoms with Crippen molar-refractivity contribution in [3.63, 3.8) is 0 Å². The third-order valence-electron chi connectivity index (χ3n) is 3.60. The van der Waals surface area contributed by atoms with E-state index in [2.05, 4.69) is 0 Å². The monoisotopic (exact) mass is 191 g/mol.